The highest BCUT2D eigenvalue weighted by Crippen LogP contribution is 2.29. The lowest BCUT2D eigenvalue weighted by Gasteiger charge is -2.33. The Morgan fingerprint density at radius 2 is 1.88 bits per heavy atom. The Bertz CT molecular complexity index is 219. The van der Waals surface area contributed by atoms with Crippen LogP contribution in [-0.2, 0) is 4.74 Å². The lowest BCUT2D eigenvalue weighted by Crippen LogP contribution is -2.40. The molecule has 2 rings (SSSR count). The van der Waals surface area contributed by atoms with Crippen LogP contribution in [-0.4, -0.2) is 25.8 Å². The Morgan fingerprint density at radius 1 is 1.06 bits per heavy atom. The predicted molar refractivity (Wildman–Crippen MR) is 72.2 cm³/mol. The van der Waals surface area contributed by atoms with Gasteiger partial charge >= 0.3 is 0 Å². The van der Waals surface area contributed by atoms with Gasteiger partial charge in [0.2, 0.25) is 0 Å². The van der Waals surface area contributed by atoms with Gasteiger partial charge in [0.1, 0.15) is 0 Å². The van der Waals surface area contributed by atoms with Gasteiger partial charge in [-0.2, -0.15) is 0 Å². The van der Waals surface area contributed by atoms with Crippen molar-refractivity contribution >= 4 is 0 Å². The van der Waals surface area contributed by atoms with Gasteiger partial charge in [0.05, 0.1) is 6.10 Å². The highest BCUT2D eigenvalue weighted by atomic mass is 16.5. The SMILES string of the molecule is COC1CCCC(NCC2CCCCC2C)C1. The number of ether oxygens (including phenoxy) is 1. The Morgan fingerprint density at radius 3 is 2.65 bits per heavy atom. The molecule has 100 valence electrons. The Kier molecular flexibility index (Phi) is 5.30. The van der Waals surface area contributed by atoms with E-state index in [-0.39, 0.29) is 0 Å². The fourth-order valence-electron chi connectivity index (χ4n) is 3.56. The third-order valence-corrected chi connectivity index (χ3v) is 4.92. The van der Waals surface area contributed by atoms with Gasteiger partial charge in [-0.15, -0.1) is 0 Å². The Hall–Kier alpha value is -0.0800. The summed E-state index contributed by atoms with van der Waals surface area (Å²) in [5.74, 6) is 1.85. The first-order chi connectivity index (χ1) is 8.29. The molecule has 0 heterocycles. The zero-order chi connectivity index (χ0) is 12.1. The molecular weight excluding hydrogens is 210 g/mol. The summed E-state index contributed by atoms with van der Waals surface area (Å²) in [6.45, 7) is 3.67. The summed E-state index contributed by atoms with van der Waals surface area (Å²) >= 11 is 0. The maximum atomic E-state index is 5.49. The molecule has 4 atom stereocenters. The van der Waals surface area contributed by atoms with Crippen LogP contribution < -0.4 is 5.32 Å². The summed E-state index contributed by atoms with van der Waals surface area (Å²) in [5.41, 5.74) is 0. The highest BCUT2D eigenvalue weighted by molar-refractivity contribution is 4.81. The first-order valence-electron chi connectivity index (χ1n) is 7.55. The third kappa shape index (κ3) is 3.96. The van der Waals surface area contributed by atoms with Gasteiger partial charge in [-0.3, -0.25) is 0 Å². The molecule has 0 saturated heterocycles. The molecule has 2 heteroatoms. The van der Waals surface area contributed by atoms with E-state index in [1.165, 1.54) is 57.9 Å². The van der Waals surface area contributed by atoms with Crippen molar-refractivity contribution in [2.75, 3.05) is 13.7 Å². The molecule has 0 aromatic heterocycles. The second-order valence-corrected chi connectivity index (χ2v) is 6.15. The van der Waals surface area contributed by atoms with Crippen LogP contribution in [0.1, 0.15) is 58.3 Å². The van der Waals surface area contributed by atoms with Crippen LogP contribution in [0.5, 0.6) is 0 Å². The Labute approximate surface area is 107 Å². The summed E-state index contributed by atoms with van der Waals surface area (Å²) in [6, 6.07) is 0.711. The van der Waals surface area contributed by atoms with Crippen LogP contribution in [0.3, 0.4) is 0 Å². The topological polar surface area (TPSA) is 21.3 Å². The van der Waals surface area contributed by atoms with Crippen LogP contribution in [0.15, 0.2) is 0 Å². The zero-order valence-electron chi connectivity index (χ0n) is 11.6. The lowest BCUT2D eigenvalue weighted by molar-refractivity contribution is 0.0572. The molecule has 2 aliphatic carbocycles. The average Bonchev–Trinajstić information content (AvgIpc) is 2.38. The number of hydrogen-bond donors (Lipinski definition) is 1. The van der Waals surface area contributed by atoms with Gasteiger partial charge in [-0.25, -0.2) is 0 Å². The van der Waals surface area contributed by atoms with E-state index in [0.717, 1.165) is 11.8 Å². The van der Waals surface area contributed by atoms with E-state index in [1.807, 2.05) is 7.11 Å². The van der Waals surface area contributed by atoms with Crippen molar-refractivity contribution in [3.8, 4) is 0 Å². The molecule has 0 bridgehead atoms. The first kappa shape index (κ1) is 13.4. The fourth-order valence-corrected chi connectivity index (χ4v) is 3.56. The predicted octanol–water partition coefficient (Wildman–Crippen LogP) is 3.36. The molecule has 2 fully saturated rings. The summed E-state index contributed by atoms with van der Waals surface area (Å²) in [4.78, 5) is 0. The zero-order valence-corrected chi connectivity index (χ0v) is 11.6. The van der Waals surface area contributed by atoms with E-state index in [2.05, 4.69) is 12.2 Å². The smallest absolute Gasteiger partial charge is 0.0586 e. The molecule has 17 heavy (non-hydrogen) atoms. The van der Waals surface area contributed by atoms with Crippen molar-refractivity contribution < 1.29 is 4.74 Å². The second-order valence-electron chi connectivity index (χ2n) is 6.15. The van der Waals surface area contributed by atoms with E-state index in [0.29, 0.717) is 12.1 Å². The van der Waals surface area contributed by atoms with Gasteiger partial charge in [0, 0.05) is 13.2 Å². The quantitative estimate of drug-likeness (QED) is 0.812. The van der Waals surface area contributed by atoms with Gasteiger partial charge in [0.15, 0.2) is 0 Å². The maximum absolute atomic E-state index is 5.49. The van der Waals surface area contributed by atoms with E-state index in [1.54, 1.807) is 0 Å². The third-order valence-electron chi connectivity index (χ3n) is 4.92. The van der Waals surface area contributed by atoms with Crippen LogP contribution >= 0.6 is 0 Å². The maximum Gasteiger partial charge on any atom is 0.0586 e. The molecule has 1 N–H and O–H groups in total. The van der Waals surface area contributed by atoms with Gasteiger partial charge in [-0.05, 0) is 50.5 Å². The molecule has 0 aliphatic heterocycles. The van der Waals surface area contributed by atoms with Crippen molar-refractivity contribution in [1.29, 1.82) is 0 Å². The lowest BCUT2D eigenvalue weighted by atomic mass is 9.80. The highest BCUT2D eigenvalue weighted by Gasteiger charge is 2.25. The minimum Gasteiger partial charge on any atom is -0.381 e. The van der Waals surface area contributed by atoms with Gasteiger partial charge in [0.25, 0.3) is 0 Å². The van der Waals surface area contributed by atoms with Crippen molar-refractivity contribution in [2.45, 2.75) is 70.4 Å². The molecule has 0 aromatic carbocycles. The van der Waals surface area contributed by atoms with Crippen LogP contribution in [0.4, 0.5) is 0 Å². The van der Waals surface area contributed by atoms with Crippen molar-refractivity contribution in [1.82, 2.24) is 5.32 Å². The number of nitrogens with one attached hydrogen (secondary N) is 1. The largest absolute Gasteiger partial charge is 0.381 e. The average molecular weight is 239 g/mol. The fraction of sp³-hybridized carbons (Fsp3) is 1.00. The summed E-state index contributed by atoms with van der Waals surface area (Å²) in [7, 11) is 1.86. The molecule has 0 amide bonds. The molecule has 2 nitrogen and oxygen atoms in total. The number of methoxy groups -OCH3 is 1. The van der Waals surface area contributed by atoms with E-state index < -0.39 is 0 Å². The van der Waals surface area contributed by atoms with Crippen LogP contribution in [0.2, 0.25) is 0 Å². The molecule has 2 saturated carbocycles. The van der Waals surface area contributed by atoms with E-state index in [4.69, 9.17) is 4.74 Å². The van der Waals surface area contributed by atoms with E-state index >= 15 is 0 Å². The monoisotopic (exact) mass is 239 g/mol. The van der Waals surface area contributed by atoms with Crippen LogP contribution in [0.25, 0.3) is 0 Å². The molecule has 0 spiro atoms. The molecule has 4 unspecified atom stereocenters. The van der Waals surface area contributed by atoms with Crippen LogP contribution in [0, 0.1) is 11.8 Å². The molecule has 2 aliphatic rings. The normalized spacial score (nSPS) is 39.2. The van der Waals surface area contributed by atoms with Crippen molar-refractivity contribution in [3.05, 3.63) is 0 Å². The van der Waals surface area contributed by atoms with Gasteiger partial charge in [-0.1, -0.05) is 26.2 Å². The minimum atomic E-state index is 0.505. The molecular formula is C15H29NO. The number of rotatable bonds is 4. The molecule has 0 aromatic rings. The van der Waals surface area contributed by atoms with Crippen molar-refractivity contribution in [3.63, 3.8) is 0 Å². The first-order valence-corrected chi connectivity index (χ1v) is 7.55. The standard InChI is InChI=1S/C15H29NO/c1-12-6-3-4-7-13(12)11-16-14-8-5-9-15(10-14)17-2/h12-16H,3-11H2,1-2H3. The van der Waals surface area contributed by atoms with E-state index in [9.17, 15) is 0 Å². The summed E-state index contributed by atoms with van der Waals surface area (Å²) < 4.78 is 5.49. The van der Waals surface area contributed by atoms with Gasteiger partial charge < -0.3 is 10.1 Å². The summed E-state index contributed by atoms with van der Waals surface area (Å²) in [5, 5.41) is 3.81. The minimum absolute atomic E-state index is 0.505. The number of hydrogen-bond acceptors (Lipinski definition) is 2. The molecule has 0 radical (unpaired) electrons. The Balaban J connectivity index is 1.69. The summed E-state index contributed by atoms with van der Waals surface area (Å²) in [6.07, 6.45) is 11.4. The van der Waals surface area contributed by atoms with Crippen molar-refractivity contribution in [2.24, 2.45) is 11.8 Å². The second kappa shape index (κ2) is 6.75.